The number of benzene rings is 1. The van der Waals surface area contributed by atoms with Crippen molar-refractivity contribution >= 4 is 49.8 Å². The van der Waals surface area contributed by atoms with E-state index >= 15 is 0 Å². The van der Waals surface area contributed by atoms with Gasteiger partial charge in [0, 0.05) is 18.2 Å². The van der Waals surface area contributed by atoms with E-state index in [9.17, 15) is 8.42 Å². The fourth-order valence-electron chi connectivity index (χ4n) is 2.55. The molecule has 0 aliphatic rings. The Balaban J connectivity index is 1.98. The first kappa shape index (κ1) is 17.8. The highest BCUT2D eigenvalue weighted by atomic mass is 35.5. The monoisotopic (exact) mass is 396 g/mol. The Morgan fingerprint density at radius 2 is 1.96 bits per heavy atom. The van der Waals surface area contributed by atoms with Crippen LogP contribution >= 0.6 is 23.2 Å². The maximum Gasteiger partial charge on any atom is 0.224 e. The van der Waals surface area contributed by atoms with Crippen molar-refractivity contribution in [3.8, 4) is 0 Å². The lowest BCUT2D eigenvalue weighted by molar-refractivity contribution is 0.601. The third-order valence-electron chi connectivity index (χ3n) is 3.76. The molecule has 0 saturated carbocycles. The lowest BCUT2D eigenvalue weighted by Gasteiger charge is -2.13. The summed E-state index contributed by atoms with van der Waals surface area (Å²) in [7, 11) is -3.29. The molecule has 9 heteroatoms. The molecule has 2 aromatic heterocycles. The van der Waals surface area contributed by atoms with Crippen LogP contribution in [0.2, 0.25) is 10.4 Å². The normalized spacial score (nSPS) is 11.7. The van der Waals surface area contributed by atoms with Crippen LogP contribution in [0.5, 0.6) is 0 Å². The van der Waals surface area contributed by atoms with E-state index in [1.165, 1.54) is 12.5 Å². The number of hydrogen-bond acceptors (Lipinski definition) is 6. The first-order chi connectivity index (χ1) is 11.8. The topological polar surface area (TPSA) is 84.8 Å². The number of nitrogens with one attached hydrogen (secondary N) is 1. The summed E-state index contributed by atoms with van der Waals surface area (Å²) in [6, 6.07) is 6.81. The van der Waals surface area contributed by atoms with Crippen molar-refractivity contribution in [2.24, 2.45) is 0 Å². The van der Waals surface area contributed by atoms with Gasteiger partial charge in [0.15, 0.2) is 9.84 Å². The summed E-state index contributed by atoms with van der Waals surface area (Å²) >= 11 is 11.9. The van der Waals surface area contributed by atoms with Gasteiger partial charge in [-0.25, -0.2) is 23.4 Å². The van der Waals surface area contributed by atoms with Crippen molar-refractivity contribution in [1.82, 2.24) is 15.0 Å². The fourth-order valence-corrected chi connectivity index (χ4v) is 3.89. The predicted octanol–water partition coefficient (Wildman–Crippen LogP) is 3.66. The lowest BCUT2D eigenvalue weighted by Crippen LogP contribution is -2.08. The van der Waals surface area contributed by atoms with Gasteiger partial charge in [-0.2, -0.15) is 0 Å². The van der Waals surface area contributed by atoms with E-state index in [0.717, 1.165) is 5.56 Å². The van der Waals surface area contributed by atoms with Gasteiger partial charge in [0.1, 0.15) is 11.0 Å². The summed E-state index contributed by atoms with van der Waals surface area (Å²) in [5, 5.41) is 4.26. The molecular weight excluding hydrogens is 383 g/mol. The standard InChI is InChI=1S/C16H14Cl2N4O2S/c1-9-10(4-3-5-13(9)25(2,23)24)7-20-15-11-6-14(17)19-8-12(11)21-16(18)22-15/h3-6,8H,7H2,1-2H3,(H,20,21,22). The Morgan fingerprint density at radius 1 is 1.20 bits per heavy atom. The average Bonchev–Trinajstić information content (AvgIpc) is 2.53. The molecular formula is C16H14Cl2N4O2S. The summed E-state index contributed by atoms with van der Waals surface area (Å²) in [5.74, 6) is 0.503. The molecule has 0 aliphatic heterocycles. The number of hydrogen-bond donors (Lipinski definition) is 1. The fraction of sp³-hybridized carbons (Fsp3) is 0.188. The van der Waals surface area contributed by atoms with Crippen LogP contribution in [-0.4, -0.2) is 29.6 Å². The van der Waals surface area contributed by atoms with Crippen LogP contribution in [0.4, 0.5) is 5.82 Å². The molecule has 25 heavy (non-hydrogen) atoms. The molecule has 0 saturated heterocycles. The maximum atomic E-state index is 11.9. The minimum atomic E-state index is -3.29. The Morgan fingerprint density at radius 3 is 2.68 bits per heavy atom. The van der Waals surface area contributed by atoms with Crippen LogP contribution in [0.25, 0.3) is 10.9 Å². The largest absolute Gasteiger partial charge is 0.365 e. The third-order valence-corrected chi connectivity index (χ3v) is 5.38. The van der Waals surface area contributed by atoms with Crippen LogP contribution < -0.4 is 5.32 Å². The Bertz CT molecular complexity index is 1070. The molecule has 0 spiro atoms. The zero-order valence-electron chi connectivity index (χ0n) is 13.4. The number of sulfone groups is 1. The second-order valence-corrected chi connectivity index (χ2v) is 8.24. The summed E-state index contributed by atoms with van der Waals surface area (Å²) < 4.78 is 23.7. The van der Waals surface area contributed by atoms with Crippen LogP contribution in [-0.2, 0) is 16.4 Å². The second kappa shape index (κ2) is 6.74. The second-order valence-electron chi connectivity index (χ2n) is 5.53. The quantitative estimate of drug-likeness (QED) is 0.534. The highest BCUT2D eigenvalue weighted by Gasteiger charge is 2.14. The molecule has 3 rings (SSSR count). The molecule has 3 aromatic rings. The summed E-state index contributed by atoms with van der Waals surface area (Å²) in [5.41, 5.74) is 2.10. The molecule has 6 nitrogen and oxygen atoms in total. The summed E-state index contributed by atoms with van der Waals surface area (Å²) in [6.07, 6.45) is 2.71. The molecule has 1 N–H and O–H groups in total. The Labute approximate surface area is 155 Å². The molecule has 0 aliphatic carbocycles. The van der Waals surface area contributed by atoms with Gasteiger partial charge in [-0.3, -0.25) is 0 Å². The van der Waals surface area contributed by atoms with Crippen LogP contribution in [0.3, 0.4) is 0 Å². The zero-order valence-corrected chi connectivity index (χ0v) is 15.7. The van der Waals surface area contributed by atoms with Crippen LogP contribution in [0, 0.1) is 6.92 Å². The Hall–Kier alpha value is -1.96. The predicted molar refractivity (Wildman–Crippen MR) is 99.0 cm³/mol. The van der Waals surface area contributed by atoms with Crippen LogP contribution in [0.15, 0.2) is 35.4 Å². The molecule has 0 atom stereocenters. The van der Waals surface area contributed by atoms with Gasteiger partial charge in [0.25, 0.3) is 0 Å². The van der Waals surface area contributed by atoms with Gasteiger partial charge in [0.2, 0.25) is 5.28 Å². The van der Waals surface area contributed by atoms with Crippen molar-refractivity contribution in [2.45, 2.75) is 18.4 Å². The number of aromatic nitrogens is 3. The molecule has 1 aromatic carbocycles. The van der Waals surface area contributed by atoms with Crippen molar-refractivity contribution in [1.29, 1.82) is 0 Å². The first-order valence-electron chi connectivity index (χ1n) is 7.27. The molecule has 0 fully saturated rings. The number of nitrogens with zero attached hydrogens (tertiary/aromatic N) is 3. The number of pyridine rings is 1. The molecule has 130 valence electrons. The van der Waals surface area contributed by atoms with E-state index in [2.05, 4.69) is 20.3 Å². The number of anilines is 1. The SMILES string of the molecule is Cc1c(CNc2nc(Cl)nc3cnc(Cl)cc23)cccc1S(C)(=O)=O. The first-order valence-corrected chi connectivity index (χ1v) is 9.91. The molecule has 2 heterocycles. The number of rotatable bonds is 4. The van der Waals surface area contributed by atoms with Crippen molar-refractivity contribution in [3.05, 3.63) is 52.0 Å². The molecule has 0 unspecified atom stereocenters. The smallest absolute Gasteiger partial charge is 0.224 e. The van der Waals surface area contributed by atoms with E-state index in [1.807, 2.05) is 6.07 Å². The van der Waals surface area contributed by atoms with Crippen molar-refractivity contribution in [2.75, 3.05) is 11.6 Å². The maximum absolute atomic E-state index is 11.9. The van der Waals surface area contributed by atoms with E-state index in [-0.39, 0.29) is 5.28 Å². The van der Waals surface area contributed by atoms with Crippen molar-refractivity contribution < 1.29 is 8.42 Å². The number of halogens is 2. The summed E-state index contributed by atoms with van der Waals surface area (Å²) in [4.78, 5) is 12.6. The molecule has 0 radical (unpaired) electrons. The number of fused-ring (bicyclic) bond motifs is 1. The lowest BCUT2D eigenvalue weighted by atomic mass is 10.1. The van der Waals surface area contributed by atoms with E-state index in [1.54, 1.807) is 25.1 Å². The van der Waals surface area contributed by atoms with E-state index < -0.39 is 9.84 Å². The molecule has 0 bridgehead atoms. The van der Waals surface area contributed by atoms with Crippen LogP contribution in [0.1, 0.15) is 11.1 Å². The minimum Gasteiger partial charge on any atom is -0.365 e. The molecule has 0 amide bonds. The average molecular weight is 397 g/mol. The minimum absolute atomic E-state index is 0.0840. The van der Waals surface area contributed by atoms with Gasteiger partial charge in [0.05, 0.1) is 16.6 Å². The van der Waals surface area contributed by atoms with Gasteiger partial charge in [-0.15, -0.1) is 0 Å². The van der Waals surface area contributed by atoms with Gasteiger partial charge >= 0.3 is 0 Å². The van der Waals surface area contributed by atoms with Gasteiger partial charge < -0.3 is 5.32 Å². The zero-order chi connectivity index (χ0) is 18.2. The van der Waals surface area contributed by atoms with Gasteiger partial charge in [-0.05, 0) is 41.8 Å². The highest BCUT2D eigenvalue weighted by molar-refractivity contribution is 7.90. The van der Waals surface area contributed by atoms with E-state index in [4.69, 9.17) is 23.2 Å². The van der Waals surface area contributed by atoms with Gasteiger partial charge in [-0.1, -0.05) is 23.7 Å². The van der Waals surface area contributed by atoms with Crippen molar-refractivity contribution in [3.63, 3.8) is 0 Å². The highest BCUT2D eigenvalue weighted by Crippen LogP contribution is 2.25. The Kier molecular flexibility index (Phi) is 4.81. The van der Waals surface area contributed by atoms with E-state index in [0.29, 0.717) is 38.9 Å². The summed E-state index contributed by atoms with van der Waals surface area (Å²) in [6.45, 7) is 2.15. The third kappa shape index (κ3) is 3.84.